The number of Topliss-reactive ketones (excluding diaryl/α,β-unsaturated/α-hetero) is 1. The van der Waals surface area contributed by atoms with Crippen molar-refractivity contribution in [3.05, 3.63) is 106 Å². The number of ketones is 2. The molecule has 1 aliphatic rings. The molecule has 10 heteroatoms. The summed E-state index contributed by atoms with van der Waals surface area (Å²) in [6.45, 7) is 0. The average Bonchev–Trinajstić information content (AvgIpc) is 3.20. The third-order valence-corrected chi connectivity index (χ3v) is 5.94. The van der Waals surface area contributed by atoms with Gasteiger partial charge in [-0.2, -0.15) is 13.2 Å². The highest BCUT2D eigenvalue weighted by Gasteiger charge is 2.45. The van der Waals surface area contributed by atoms with Gasteiger partial charge in [0.15, 0.2) is 5.78 Å². The van der Waals surface area contributed by atoms with Crippen LogP contribution < -0.4 is 5.32 Å². The third-order valence-electron chi connectivity index (χ3n) is 5.61. The van der Waals surface area contributed by atoms with E-state index >= 15 is 0 Å². The van der Waals surface area contributed by atoms with Crippen molar-refractivity contribution in [3.63, 3.8) is 0 Å². The number of fused-ring (bicyclic) bond motifs is 1. The number of allylic oxidation sites excluding steroid dienone is 1. The van der Waals surface area contributed by atoms with E-state index in [0.29, 0.717) is 11.6 Å². The molecule has 0 fully saturated rings. The van der Waals surface area contributed by atoms with E-state index in [9.17, 15) is 32.3 Å². The third kappa shape index (κ3) is 5.62. The summed E-state index contributed by atoms with van der Waals surface area (Å²) < 4.78 is 44.9. The van der Waals surface area contributed by atoms with Crippen LogP contribution in [0.3, 0.4) is 0 Å². The fourth-order valence-electron chi connectivity index (χ4n) is 3.84. The monoisotopic (exact) mass is 527 g/mol. The Hall–Kier alpha value is -4.24. The Labute approximate surface area is 213 Å². The lowest BCUT2D eigenvalue weighted by Crippen LogP contribution is -2.37. The topological polar surface area (TPSA) is 89.5 Å². The van der Waals surface area contributed by atoms with Crippen molar-refractivity contribution in [1.82, 2.24) is 0 Å². The molecular weight excluding hydrogens is 511 g/mol. The molecule has 0 aromatic heterocycles. The molecule has 6 nitrogen and oxygen atoms in total. The van der Waals surface area contributed by atoms with Gasteiger partial charge in [0.25, 0.3) is 5.91 Å². The lowest BCUT2D eigenvalue weighted by atomic mass is 9.87. The van der Waals surface area contributed by atoms with E-state index < -0.39 is 52.2 Å². The number of cyclic esters (lactones) is 1. The molecule has 4 rings (SSSR count). The SMILES string of the molecule is O=C(Nc1ccc(Cl)c(C(F)(F)F)c1)C(=O)[C@@H](C(=O)/C=C\c1ccccc1)[C@H]1OC(=O)c2ccccc21. The Bertz CT molecular complexity index is 1420. The molecule has 0 unspecified atom stereocenters. The van der Waals surface area contributed by atoms with Crippen LogP contribution in [0.25, 0.3) is 6.08 Å². The zero-order valence-electron chi connectivity index (χ0n) is 18.8. The minimum absolute atomic E-state index is 0.137. The van der Waals surface area contributed by atoms with Gasteiger partial charge in [-0.3, -0.25) is 14.4 Å². The highest BCUT2D eigenvalue weighted by atomic mass is 35.5. The lowest BCUT2D eigenvalue weighted by molar-refractivity contribution is -0.143. The summed E-state index contributed by atoms with van der Waals surface area (Å²) in [5.74, 6) is -6.03. The van der Waals surface area contributed by atoms with Crippen LogP contribution in [0, 0.1) is 5.92 Å². The molecule has 3 aromatic rings. The van der Waals surface area contributed by atoms with Crippen molar-refractivity contribution < 1.29 is 37.1 Å². The summed E-state index contributed by atoms with van der Waals surface area (Å²) in [4.78, 5) is 51.6. The standard InChI is InChI=1S/C27H17ClF3NO5/c28-20-12-11-16(14-19(20)27(29,30)31)32-25(35)23(34)22(21(33)13-10-15-6-2-1-3-7-15)24-17-8-4-5-9-18(17)26(36)37-24/h1-14,22,24H,(H,32,35)/b13-10-/t22-,24+/m1/s1. The highest BCUT2D eigenvalue weighted by molar-refractivity contribution is 6.45. The Morgan fingerprint density at radius 3 is 2.35 bits per heavy atom. The van der Waals surface area contributed by atoms with Crippen LogP contribution in [0.4, 0.5) is 18.9 Å². The van der Waals surface area contributed by atoms with Gasteiger partial charge in [-0.25, -0.2) is 4.79 Å². The molecule has 1 amide bonds. The molecule has 3 aromatic carbocycles. The summed E-state index contributed by atoms with van der Waals surface area (Å²) in [6, 6.07) is 17.3. The molecule has 188 valence electrons. The van der Waals surface area contributed by atoms with Crippen molar-refractivity contribution in [2.45, 2.75) is 12.3 Å². The maximum atomic E-state index is 13.2. The molecule has 0 saturated carbocycles. The first-order valence-corrected chi connectivity index (χ1v) is 11.2. The number of carbonyl (C=O) groups is 4. The van der Waals surface area contributed by atoms with E-state index in [1.807, 2.05) is 0 Å². The Morgan fingerprint density at radius 2 is 1.65 bits per heavy atom. The van der Waals surface area contributed by atoms with Gasteiger partial charge in [-0.05, 0) is 35.9 Å². The molecule has 0 spiro atoms. The summed E-state index contributed by atoms with van der Waals surface area (Å²) in [7, 11) is 0. The van der Waals surface area contributed by atoms with Crippen LogP contribution in [-0.4, -0.2) is 23.4 Å². The maximum absolute atomic E-state index is 13.2. The smallest absolute Gasteiger partial charge is 0.417 e. The largest absolute Gasteiger partial charge is 0.453 e. The van der Waals surface area contributed by atoms with Crippen LogP contribution in [0.15, 0.2) is 78.9 Å². The van der Waals surface area contributed by atoms with Crippen molar-refractivity contribution in [3.8, 4) is 0 Å². The number of anilines is 1. The first-order valence-electron chi connectivity index (χ1n) is 10.8. The van der Waals surface area contributed by atoms with Gasteiger partial charge in [0.05, 0.1) is 16.1 Å². The van der Waals surface area contributed by atoms with Crippen molar-refractivity contribution in [1.29, 1.82) is 0 Å². The number of ether oxygens (including phenoxy) is 1. The van der Waals surface area contributed by atoms with Gasteiger partial charge in [-0.1, -0.05) is 66.2 Å². The van der Waals surface area contributed by atoms with Crippen molar-refractivity contribution in [2.75, 3.05) is 5.32 Å². The zero-order chi connectivity index (χ0) is 26.7. The van der Waals surface area contributed by atoms with Gasteiger partial charge in [0, 0.05) is 11.3 Å². The molecule has 37 heavy (non-hydrogen) atoms. The second-order valence-electron chi connectivity index (χ2n) is 8.05. The zero-order valence-corrected chi connectivity index (χ0v) is 19.5. The molecule has 0 saturated heterocycles. The number of halogens is 4. The first kappa shape index (κ1) is 25.8. The molecule has 1 aliphatic heterocycles. The van der Waals surface area contributed by atoms with E-state index in [4.69, 9.17) is 16.3 Å². The van der Waals surface area contributed by atoms with Crippen LogP contribution in [-0.2, 0) is 25.3 Å². The first-order chi connectivity index (χ1) is 17.6. The van der Waals surface area contributed by atoms with Crippen LogP contribution >= 0.6 is 11.6 Å². The molecule has 0 aliphatic carbocycles. The molecular formula is C27H17ClF3NO5. The fourth-order valence-corrected chi connectivity index (χ4v) is 4.06. The summed E-state index contributed by atoms with van der Waals surface area (Å²) in [5, 5.41) is 1.49. The number of hydrogen-bond acceptors (Lipinski definition) is 5. The van der Waals surface area contributed by atoms with Gasteiger partial charge in [0.1, 0.15) is 12.0 Å². The van der Waals surface area contributed by atoms with E-state index in [0.717, 1.165) is 18.2 Å². The second kappa shape index (κ2) is 10.4. The number of carbonyl (C=O) groups excluding carboxylic acids is 4. The summed E-state index contributed by atoms with van der Waals surface area (Å²) in [6.07, 6.45) is -3.68. The predicted molar refractivity (Wildman–Crippen MR) is 129 cm³/mol. The molecule has 0 bridgehead atoms. The number of benzene rings is 3. The average molecular weight is 528 g/mol. The number of alkyl halides is 3. The Balaban J connectivity index is 1.66. The predicted octanol–water partition coefficient (Wildman–Crippen LogP) is 5.68. The van der Waals surface area contributed by atoms with E-state index in [1.54, 1.807) is 42.5 Å². The normalized spacial score (nSPS) is 15.7. The van der Waals surface area contributed by atoms with Crippen molar-refractivity contribution >= 4 is 46.8 Å². The van der Waals surface area contributed by atoms with Gasteiger partial charge < -0.3 is 10.1 Å². The summed E-state index contributed by atoms with van der Waals surface area (Å²) in [5.41, 5.74) is -0.554. The minimum atomic E-state index is -4.80. The van der Waals surface area contributed by atoms with Crippen LogP contribution in [0.1, 0.15) is 33.2 Å². The highest BCUT2D eigenvalue weighted by Crippen LogP contribution is 2.38. The molecule has 1 N–H and O–H groups in total. The van der Waals surface area contributed by atoms with Crippen LogP contribution in [0.5, 0.6) is 0 Å². The van der Waals surface area contributed by atoms with E-state index in [-0.39, 0.29) is 16.8 Å². The number of hydrogen-bond donors (Lipinski definition) is 1. The number of nitrogens with one attached hydrogen (secondary N) is 1. The lowest BCUT2D eigenvalue weighted by Gasteiger charge is -2.20. The molecule has 0 radical (unpaired) electrons. The van der Waals surface area contributed by atoms with E-state index in [1.165, 1.54) is 18.2 Å². The quantitative estimate of drug-likeness (QED) is 0.185. The number of rotatable bonds is 7. The van der Waals surface area contributed by atoms with Gasteiger partial charge in [0.2, 0.25) is 5.78 Å². The number of amides is 1. The second-order valence-corrected chi connectivity index (χ2v) is 8.46. The molecule has 1 heterocycles. The maximum Gasteiger partial charge on any atom is 0.417 e. The van der Waals surface area contributed by atoms with Gasteiger partial charge in [-0.15, -0.1) is 0 Å². The minimum Gasteiger partial charge on any atom is -0.453 e. The van der Waals surface area contributed by atoms with Crippen LogP contribution in [0.2, 0.25) is 5.02 Å². The van der Waals surface area contributed by atoms with E-state index in [2.05, 4.69) is 5.32 Å². The summed E-state index contributed by atoms with van der Waals surface area (Å²) >= 11 is 5.60. The Kier molecular flexibility index (Phi) is 7.26. The Morgan fingerprint density at radius 1 is 0.973 bits per heavy atom. The van der Waals surface area contributed by atoms with Crippen molar-refractivity contribution in [2.24, 2.45) is 5.92 Å². The fraction of sp³-hybridized carbons (Fsp3) is 0.111. The number of esters is 1. The molecule has 2 atom stereocenters. The van der Waals surface area contributed by atoms with Gasteiger partial charge >= 0.3 is 12.1 Å².